The molecule has 0 bridgehead atoms. The van der Waals surface area contributed by atoms with Crippen molar-refractivity contribution in [1.82, 2.24) is 0 Å². The largest absolute Gasteiger partial charge is 0.478 e. The van der Waals surface area contributed by atoms with Crippen molar-refractivity contribution < 1.29 is 28.2 Å². The summed E-state index contributed by atoms with van der Waals surface area (Å²) in [4.78, 5) is 22.9. The Hall–Kier alpha value is -2.18. The molecule has 0 saturated heterocycles. The molecule has 22 heavy (non-hydrogen) atoms. The van der Waals surface area contributed by atoms with Gasteiger partial charge in [-0.1, -0.05) is 29.3 Å². The lowest BCUT2D eigenvalue weighted by molar-refractivity contribution is 0.0685. The van der Waals surface area contributed by atoms with Crippen LogP contribution in [0.5, 0.6) is 5.75 Å². The molecule has 114 valence electrons. The van der Waals surface area contributed by atoms with E-state index in [4.69, 9.17) is 33.0 Å². The second-order valence-corrected chi connectivity index (χ2v) is 4.81. The summed E-state index contributed by atoms with van der Waals surface area (Å²) in [5.41, 5.74) is -1.40. The van der Waals surface area contributed by atoms with E-state index >= 15 is 0 Å². The normalized spacial score (nSPS) is 10.4. The first kappa shape index (κ1) is 16.2. The zero-order valence-corrected chi connectivity index (χ0v) is 12.1. The van der Waals surface area contributed by atoms with Gasteiger partial charge in [-0.15, -0.1) is 0 Å². The highest BCUT2D eigenvalue weighted by Gasteiger charge is 2.23. The van der Waals surface area contributed by atoms with E-state index in [1.54, 1.807) is 0 Å². The molecule has 0 fully saturated rings. The molecule has 8 heteroatoms. The molecule has 0 aliphatic rings. The smallest absolute Gasteiger partial charge is 0.349 e. The molecule has 0 aliphatic carbocycles. The molecule has 2 aromatic carbocycles. The monoisotopic (exact) mass is 346 g/mol. The van der Waals surface area contributed by atoms with E-state index in [1.165, 1.54) is 0 Å². The Morgan fingerprint density at radius 3 is 2.14 bits per heavy atom. The first-order chi connectivity index (χ1) is 10.3. The molecule has 1 N–H and O–H groups in total. The Labute approximate surface area is 132 Å². The highest BCUT2D eigenvalue weighted by atomic mass is 35.5. The average molecular weight is 347 g/mol. The number of rotatable bonds is 3. The average Bonchev–Trinajstić information content (AvgIpc) is 2.41. The van der Waals surface area contributed by atoms with Gasteiger partial charge in [0.05, 0.1) is 10.0 Å². The summed E-state index contributed by atoms with van der Waals surface area (Å²) in [5, 5.41) is 8.36. The number of hydrogen-bond donors (Lipinski definition) is 1. The van der Waals surface area contributed by atoms with Crippen molar-refractivity contribution in [3.05, 3.63) is 63.1 Å². The molecule has 0 atom stereocenters. The lowest BCUT2D eigenvalue weighted by Crippen LogP contribution is -2.14. The first-order valence-corrected chi connectivity index (χ1v) is 6.46. The van der Waals surface area contributed by atoms with Crippen molar-refractivity contribution in [2.75, 3.05) is 0 Å². The van der Waals surface area contributed by atoms with Crippen LogP contribution in [-0.2, 0) is 0 Å². The van der Waals surface area contributed by atoms with Gasteiger partial charge in [0, 0.05) is 0 Å². The van der Waals surface area contributed by atoms with E-state index in [9.17, 15) is 18.4 Å². The maximum absolute atomic E-state index is 13.5. The summed E-state index contributed by atoms with van der Waals surface area (Å²) in [6.45, 7) is 0. The van der Waals surface area contributed by atoms with Gasteiger partial charge in [0.15, 0.2) is 5.75 Å². The number of esters is 1. The van der Waals surface area contributed by atoms with E-state index in [0.717, 1.165) is 30.3 Å². The summed E-state index contributed by atoms with van der Waals surface area (Å²) in [6.07, 6.45) is 0. The van der Waals surface area contributed by atoms with Crippen LogP contribution in [0.3, 0.4) is 0 Å². The van der Waals surface area contributed by atoms with Gasteiger partial charge in [-0.25, -0.2) is 18.4 Å². The molecule has 4 nitrogen and oxygen atoms in total. The van der Waals surface area contributed by atoms with Gasteiger partial charge in [0.25, 0.3) is 0 Å². The Kier molecular flexibility index (Phi) is 4.63. The van der Waals surface area contributed by atoms with Gasteiger partial charge in [0.1, 0.15) is 22.8 Å². The molecule has 0 spiro atoms. The maximum atomic E-state index is 13.5. The van der Waals surface area contributed by atoms with Crippen molar-refractivity contribution in [3.63, 3.8) is 0 Å². The zero-order chi connectivity index (χ0) is 16.4. The van der Waals surface area contributed by atoms with Gasteiger partial charge in [-0.05, 0) is 24.3 Å². The molecule has 0 saturated carbocycles. The van der Waals surface area contributed by atoms with Gasteiger partial charge < -0.3 is 9.84 Å². The highest BCUT2D eigenvalue weighted by Crippen LogP contribution is 2.34. The third kappa shape index (κ3) is 3.03. The van der Waals surface area contributed by atoms with Gasteiger partial charge in [0.2, 0.25) is 0 Å². The third-order valence-electron chi connectivity index (χ3n) is 2.64. The molecule has 2 rings (SSSR count). The maximum Gasteiger partial charge on any atom is 0.349 e. The van der Waals surface area contributed by atoms with Crippen LogP contribution in [0, 0.1) is 11.6 Å². The Bertz CT molecular complexity index is 757. The van der Waals surface area contributed by atoms with Crippen LogP contribution in [0.1, 0.15) is 20.7 Å². The number of benzene rings is 2. The van der Waals surface area contributed by atoms with Gasteiger partial charge in [-0.2, -0.15) is 0 Å². The minimum Gasteiger partial charge on any atom is -0.478 e. The van der Waals surface area contributed by atoms with Gasteiger partial charge >= 0.3 is 11.9 Å². The number of halogens is 4. The Morgan fingerprint density at radius 1 is 1.00 bits per heavy atom. The first-order valence-electron chi connectivity index (χ1n) is 5.70. The summed E-state index contributed by atoms with van der Waals surface area (Å²) in [6, 6.07) is 5.10. The number of ether oxygens (including phenoxy) is 1. The Balaban J connectivity index is 2.42. The zero-order valence-electron chi connectivity index (χ0n) is 10.6. The fourth-order valence-corrected chi connectivity index (χ4v) is 2.22. The molecule has 0 heterocycles. The summed E-state index contributed by atoms with van der Waals surface area (Å²) < 4.78 is 31.7. The number of carbonyl (C=O) groups is 2. The molecular weight excluding hydrogens is 341 g/mol. The lowest BCUT2D eigenvalue weighted by atomic mass is 10.2. The van der Waals surface area contributed by atoms with E-state index in [2.05, 4.69) is 0 Å². The van der Waals surface area contributed by atoms with E-state index in [0.29, 0.717) is 0 Å². The fourth-order valence-electron chi connectivity index (χ4n) is 1.65. The molecule has 0 aromatic heterocycles. The minimum absolute atomic E-state index is 0.172. The number of hydrogen-bond acceptors (Lipinski definition) is 3. The van der Waals surface area contributed by atoms with E-state index < -0.39 is 39.7 Å². The van der Waals surface area contributed by atoms with E-state index in [1.807, 2.05) is 0 Å². The van der Waals surface area contributed by atoms with Crippen LogP contribution in [0.15, 0.2) is 30.3 Å². The number of carboxylic acid groups (broad SMARTS) is 1. The SMILES string of the molecule is O=C(Oc1ccc(Cl)c(C(=O)O)c1Cl)c1c(F)cccc1F. The van der Waals surface area contributed by atoms with Crippen LogP contribution in [0.2, 0.25) is 10.0 Å². The molecule has 0 unspecified atom stereocenters. The molecule has 0 radical (unpaired) electrons. The van der Waals surface area contributed by atoms with Crippen molar-refractivity contribution in [1.29, 1.82) is 0 Å². The summed E-state index contributed by atoms with van der Waals surface area (Å²) >= 11 is 11.5. The van der Waals surface area contributed by atoms with Crippen LogP contribution in [-0.4, -0.2) is 17.0 Å². The minimum atomic E-state index is -1.44. The number of carbonyl (C=O) groups excluding carboxylic acids is 1. The lowest BCUT2D eigenvalue weighted by Gasteiger charge is -2.10. The Morgan fingerprint density at radius 2 is 1.59 bits per heavy atom. The summed E-state index contributed by atoms with van der Waals surface area (Å²) in [5.74, 6) is -5.40. The third-order valence-corrected chi connectivity index (χ3v) is 3.33. The fraction of sp³-hybridized carbons (Fsp3) is 0. The van der Waals surface area contributed by atoms with Crippen molar-refractivity contribution in [3.8, 4) is 5.75 Å². The second-order valence-electron chi connectivity index (χ2n) is 4.03. The van der Waals surface area contributed by atoms with Crippen LogP contribution in [0.25, 0.3) is 0 Å². The van der Waals surface area contributed by atoms with Crippen molar-refractivity contribution in [2.24, 2.45) is 0 Å². The standard InChI is InChI=1S/C14H6Cl2F2O4/c15-6-4-5-9(12(16)10(6)13(19)20)22-14(21)11-7(17)2-1-3-8(11)18/h1-5H,(H,19,20). The number of carboxylic acids is 1. The van der Waals surface area contributed by atoms with Crippen LogP contribution < -0.4 is 4.74 Å². The highest BCUT2D eigenvalue weighted by molar-refractivity contribution is 6.40. The van der Waals surface area contributed by atoms with E-state index in [-0.39, 0.29) is 10.8 Å². The summed E-state index contributed by atoms with van der Waals surface area (Å²) in [7, 11) is 0. The van der Waals surface area contributed by atoms with Crippen LogP contribution in [0.4, 0.5) is 8.78 Å². The van der Waals surface area contributed by atoms with Crippen molar-refractivity contribution >= 4 is 35.1 Å². The quantitative estimate of drug-likeness (QED) is 0.668. The molecule has 0 amide bonds. The predicted molar refractivity (Wildman–Crippen MR) is 74.7 cm³/mol. The van der Waals surface area contributed by atoms with Crippen molar-refractivity contribution in [2.45, 2.75) is 0 Å². The molecule has 2 aromatic rings. The molecular formula is C14H6Cl2F2O4. The van der Waals surface area contributed by atoms with Crippen LogP contribution >= 0.6 is 23.2 Å². The van der Waals surface area contributed by atoms with Gasteiger partial charge in [-0.3, -0.25) is 0 Å². The second kappa shape index (κ2) is 6.29. The topological polar surface area (TPSA) is 63.6 Å². The predicted octanol–water partition coefficient (Wildman–Crippen LogP) is 4.19. The number of aromatic carboxylic acids is 1. The molecule has 0 aliphatic heterocycles.